The molecule has 2 rings (SSSR count). The number of anilines is 1. The number of carbonyl (C=O) groups is 1. The lowest BCUT2D eigenvalue weighted by atomic mass is 10.2. The van der Waals surface area contributed by atoms with Crippen LogP contribution in [-0.2, 0) is 0 Å². The highest BCUT2D eigenvalue weighted by molar-refractivity contribution is 5.86. The van der Waals surface area contributed by atoms with Crippen molar-refractivity contribution in [1.82, 2.24) is 0 Å². The molecule has 0 aliphatic heterocycles. The number of rotatable bonds is 2. The minimum Gasteiger partial charge on any atom is -0.410 e. The summed E-state index contributed by atoms with van der Waals surface area (Å²) in [6.45, 7) is 10.2. The molecule has 0 unspecified atom stereocenters. The molecule has 0 heterocycles. The van der Waals surface area contributed by atoms with Crippen molar-refractivity contribution in [2.45, 2.75) is 41.0 Å². The normalized spacial score (nSPS) is 8.59. The summed E-state index contributed by atoms with van der Waals surface area (Å²) in [5.41, 5.74) is 1.86. The Hall–Kier alpha value is -2.29. The van der Waals surface area contributed by atoms with Gasteiger partial charge in [-0.25, -0.2) is 4.79 Å². The smallest absolute Gasteiger partial charge is 0.410 e. The fourth-order valence-corrected chi connectivity index (χ4v) is 1.38. The first-order valence-corrected chi connectivity index (χ1v) is 7.76. The molecule has 0 atom stereocenters. The van der Waals surface area contributed by atoms with Gasteiger partial charge < -0.3 is 4.74 Å². The van der Waals surface area contributed by atoms with Gasteiger partial charge in [0.25, 0.3) is 0 Å². The second-order valence-corrected chi connectivity index (χ2v) is 4.40. The SMILES string of the molecule is CC.CCC.Cc1ccc(NC(=O)Oc2ccccc2)cc1. The van der Waals surface area contributed by atoms with Crippen LogP contribution in [0.2, 0.25) is 0 Å². The third-order valence-corrected chi connectivity index (χ3v) is 2.25. The van der Waals surface area contributed by atoms with Crippen LogP contribution in [0.15, 0.2) is 54.6 Å². The molecule has 0 aliphatic rings. The zero-order chi connectivity index (χ0) is 16.8. The number of amides is 1. The minimum atomic E-state index is -0.486. The van der Waals surface area contributed by atoms with E-state index in [1.165, 1.54) is 6.42 Å². The van der Waals surface area contributed by atoms with E-state index in [4.69, 9.17) is 4.74 Å². The number of hydrogen-bond acceptors (Lipinski definition) is 2. The summed E-state index contributed by atoms with van der Waals surface area (Å²) in [4.78, 5) is 11.5. The summed E-state index contributed by atoms with van der Waals surface area (Å²) < 4.78 is 5.10. The fourth-order valence-electron chi connectivity index (χ4n) is 1.38. The van der Waals surface area contributed by atoms with Gasteiger partial charge in [0.1, 0.15) is 5.75 Å². The van der Waals surface area contributed by atoms with E-state index in [0.717, 1.165) is 11.3 Å². The largest absolute Gasteiger partial charge is 0.417 e. The Kier molecular flexibility index (Phi) is 11.2. The zero-order valence-corrected chi connectivity index (χ0v) is 14.2. The molecule has 0 aliphatic carbocycles. The Bertz CT molecular complexity index is 507. The molecule has 0 saturated heterocycles. The molecule has 0 saturated carbocycles. The summed E-state index contributed by atoms with van der Waals surface area (Å²) in [7, 11) is 0. The van der Waals surface area contributed by atoms with Gasteiger partial charge in [0.05, 0.1) is 0 Å². The average Bonchev–Trinajstić information content (AvgIpc) is 2.53. The molecule has 0 radical (unpaired) electrons. The molecule has 1 N–H and O–H groups in total. The van der Waals surface area contributed by atoms with Crippen molar-refractivity contribution >= 4 is 11.8 Å². The van der Waals surface area contributed by atoms with E-state index >= 15 is 0 Å². The van der Waals surface area contributed by atoms with Crippen molar-refractivity contribution in [3.05, 3.63) is 60.2 Å². The van der Waals surface area contributed by atoms with Gasteiger partial charge >= 0.3 is 6.09 Å². The molecular formula is C19H27NO2. The van der Waals surface area contributed by atoms with Crippen LogP contribution in [0.1, 0.15) is 39.7 Å². The van der Waals surface area contributed by atoms with Crippen LogP contribution in [0.25, 0.3) is 0 Å². The lowest BCUT2D eigenvalue weighted by Crippen LogP contribution is -2.16. The van der Waals surface area contributed by atoms with E-state index in [2.05, 4.69) is 19.2 Å². The summed E-state index contributed by atoms with van der Waals surface area (Å²) in [5, 5.41) is 2.66. The van der Waals surface area contributed by atoms with Crippen LogP contribution in [0, 0.1) is 6.92 Å². The minimum absolute atomic E-state index is 0.486. The monoisotopic (exact) mass is 301 g/mol. The molecule has 0 bridgehead atoms. The molecule has 0 fully saturated rings. The number of carbonyl (C=O) groups excluding carboxylic acids is 1. The van der Waals surface area contributed by atoms with Gasteiger partial charge in [-0.05, 0) is 31.2 Å². The molecule has 0 aromatic heterocycles. The van der Waals surface area contributed by atoms with Gasteiger partial charge in [0.2, 0.25) is 0 Å². The maximum absolute atomic E-state index is 11.5. The molecule has 120 valence electrons. The van der Waals surface area contributed by atoms with Crippen LogP contribution < -0.4 is 10.1 Å². The van der Waals surface area contributed by atoms with Crippen molar-refractivity contribution in [2.24, 2.45) is 0 Å². The van der Waals surface area contributed by atoms with Crippen LogP contribution in [0.4, 0.5) is 10.5 Å². The Morgan fingerprint density at radius 2 is 1.45 bits per heavy atom. The van der Waals surface area contributed by atoms with Gasteiger partial charge in [-0.15, -0.1) is 0 Å². The first kappa shape index (κ1) is 19.7. The number of ether oxygens (including phenoxy) is 1. The fraction of sp³-hybridized carbons (Fsp3) is 0.316. The molecular weight excluding hydrogens is 274 g/mol. The lowest BCUT2D eigenvalue weighted by Gasteiger charge is -2.06. The first-order valence-electron chi connectivity index (χ1n) is 7.76. The van der Waals surface area contributed by atoms with Crippen LogP contribution >= 0.6 is 0 Å². The van der Waals surface area contributed by atoms with Gasteiger partial charge in [0, 0.05) is 5.69 Å². The van der Waals surface area contributed by atoms with Gasteiger partial charge in [0.15, 0.2) is 0 Å². The summed E-state index contributed by atoms with van der Waals surface area (Å²) in [6, 6.07) is 16.5. The maximum atomic E-state index is 11.5. The second kappa shape index (κ2) is 12.5. The van der Waals surface area contributed by atoms with E-state index in [0.29, 0.717) is 5.75 Å². The summed E-state index contributed by atoms with van der Waals surface area (Å²) >= 11 is 0. The highest BCUT2D eigenvalue weighted by atomic mass is 16.6. The average molecular weight is 301 g/mol. The highest BCUT2D eigenvalue weighted by Gasteiger charge is 2.03. The first-order chi connectivity index (χ1) is 10.7. The van der Waals surface area contributed by atoms with Crippen LogP contribution in [0.5, 0.6) is 5.75 Å². The predicted octanol–water partition coefficient (Wildman–Crippen LogP) is 6.05. The van der Waals surface area contributed by atoms with Gasteiger partial charge in [-0.3, -0.25) is 5.32 Å². The quantitative estimate of drug-likeness (QED) is 0.733. The number of hydrogen-bond donors (Lipinski definition) is 1. The molecule has 0 spiro atoms. The topological polar surface area (TPSA) is 38.3 Å². The lowest BCUT2D eigenvalue weighted by molar-refractivity contribution is 0.215. The van der Waals surface area contributed by atoms with Gasteiger partial charge in [-0.1, -0.05) is 70.0 Å². The Morgan fingerprint density at radius 3 is 1.95 bits per heavy atom. The Balaban J connectivity index is 0.000000789. The summed E-state index contributed by atoms with van der Waals surface area (Å²) in [6.07, 6.45) is 0.764. The third-order valence-electron chi connectivity index (χ3n) is 2.25. The molecule has 3 heteroatoms. The predicted molar refractivity (Wildman–Crippen MR) is 94.6 cm³/mol. The van der Waals surface area contributed by atoms with Crippen molar-refractivity contribution in [2.75, 3.05) is 5.32 Å². The number of para-hydroxylation sites is 1. The molecule has 1 amide bonds. The third kappa shape index (κ3) is 8.80. The number of benzene rings is 2. The van der Waals surface area contributed by atoms with Crippen LogP contribution in [-0.4, -0.2) is 6.09 Å². The molecule has 2 aromatic rings. The molecule has 3 nitrogen and oxygen atoms in total. The number of nitrogens with one attached hydrogen (secondary N) is 1. The van der Waals surface area contributed by atoms with Crippen molar-refractivity contribution < 1.29 is 9.53 Å². The van der Waals surface area contributed by atoms with Crippen molar-refractivity contribution in [3.8, 4) is 5.75 Å². The highest BCUT2D eigenvalue weighted by Crippen LogP contribution is 2.12. The number of aryl methyl sites for hydroxylation is 1. The van der Waals surface area contributed by atoms with E-state index in [1.54, 1.807) is 12.1 Å². The van der Waals surface area contributed by atoms with E-state index in [9.17, 15) is 4.79 Å². The molecule has 2 aromatic carbocycles. The van der Waals surface area contributed by atoms with E-state index < -0.39 is 6.09 Å². The maximum Gasteiger partial charge on any atom is 0.417 e. The second-order valence-electron chi connectivity index (χ2n) is 4.40. The van der Waals surface area contributed by atoms with E-state index in [-0.39, 0.29) is 0 Å². The van der Waals surface area contributed by atoms with E-state index in [1.807, 2.05) is 63.2 Å². The van der Waals surface area contributed by atoms with Crippen molar-refractivity contribution in [1.29, 1.82) is 0 Å². The standard InChI is InChI=1S/C14H13NO2.C3H8.C2H6/c1-11-7-9-12(10-8-11)15-14(16)17-13-5-3-2-4-6-13;1-3-2;1-2/h2-10H,1H3,(H,15,16);3H2,1-2H3;1-2H3. The Morgan fingerprint density at radius 1 is 0.955 bits per heavy atom. The Labute approximate surface area is 134 Å². The zero-order valence-electron chi connectivity index (χ0n) is 14.2. The van der Waals surface area contributed by atoms with Crippen molar-refractivity contribution in [3.63, 3.8) is 0 Å². The summed E-state index contributed by atoms with van der Waals surface area (Å²) in [5.74, 6) is 0.525. The van der Waals surface area contributed by atoms with Gasteiger partial charge in [-0.2, -0.15) is 0 Å². The van der Waals surface area contributed by atoms with Crippen LogP contribution in [0.3, 0.4) is 0 Å². The molecule has 22 heavy (non-hydrogen) atoms.